The van der Waals surface area contributed by atoms with E-state index in [9.17, 15) is 9.18 Å². The number of rotatable bonds is 3. The topological polar surface area (TPSA) is 62.1 Å². The molecule has 0 heterocycles. The molecule has 0 aliphatic rings. The van der Waals surface area contributed by atoms with Crippen LogP contribution in [0.2, 0.25) is 0 Å². The maximum Gasteiger partial charge on any atom is 0.255 e. The molecule has 0 radical (unpaired) electrons. The number of ether oxygens (including phenoxy) is 1. The molecule has 0 atom stereocenters. The van der Waals surface area contributed by atoms with Gasteiger partial charge in [0.25, 0.3) is 5.91 Å². The third kappa shape index (κ3) is 2.93. The number of carbonyl (C=O) groups is 1. The molecule has 5 heteroatoms. The van der Waals surface area contributed by atoms with Crippen LogP contribution in [0.25, 0.3) is 0 Å². The minimum Gasteiger partial charge on any atom is -0.495 e. The Morgan fingerprint density at radius 1 is 1.25 bits per heavy atom. The summed E-state index contributed by atoms with van der Waals surface area (Å²) < 4.78 is 17.9. The van der Waals surface area contributed by atoms with E-state index >= 15 is 0 Å². The van der Waals surface area contributed by atoms with Crippen LogP contribution in [0.5, 0.6) is 5.75 Å². The first kappa shape index (κ1) is 13.6. The Morgan fingerprint density at radius 2 is 1.95 bits per heavy atom. The van der Waals surface area contributed by atoms with Gasteiger partial charge in [0, 0.05) is 11.6 Å². The van der Waals surface area contributed by atoms with E-state index in [4.69, 9.17) is 10.00 Å². The summed E-state index contributed by atoms with van der Waals surface area (Å²) in [6, 6.07) is 11.9. The van der Waals surface area contributed by atoms with Crippen molar-refractivity contribution in [1.82, 2.24) is 0 Å². The van der Waals surface area contributed by atoms with Crippen LogP contribution in [0, 0.1) is 17.1 Å². The smallest absolute Gasteiger partial charge is 0.255 e. The van der Waals surface area contributed by atoms with Crippen LogP contribution in [0.4, 0.5) is 10.1 Å². The molecule has 0 bridgehead atoms. The minimum absolute atomic E-state index is 0.331. The summed E-state index contributed by atoms with van der Waals surface area (Å²) in [6.07, 6.45) is 0. The van der Waals surface area contributed by atoms with Gasteiger partial charge in [-0.1, -0.05) is 0 Å². The van der Waals surface area contributed by atoms with Gasteiger partial charge in [-0.3, -0.25) is 4.79 Å². The van der Waals surface area contributed by atoms with Crippen LogP contribution in [0.1, 0.15) is 15.9 Å². The third-order valence-corrected chi connectivity index (χ3v) is 2.69. The van der Waals surface area contributed by atoms with Crippen LogP contribution in [-0.4, -0.2) is 13.0 Å². The molecule has 0 fully saturated rings. The van der Waals surface area contributed by atoms with Crippen molar-refractivity contribution in [2.24, 2.45) is 0 Å². The van der Waals surface area contributed by atoms with Crippen molar-refractivity contribution < 1.29 is 13.9 Å². The maximum atomic E-state index is 12.8. The summed E-state index contributed by atoms with van der Waals surface area (Å²) in [5.41, 5.74) is 1.21. The molecule has 4 nitrogen and oxygen atoms in total. The molecule has 0 aliphatic carbocycles. The quantitative estimate of drug-likeness (QED) is 0.932. The number of nitrogens with zero attached hydrogens (tertiary/aromatic N) is 1. The van der Waals surface area contributed by atoms with Crippen LogP contribution >= 0.6 is 0 Å². The Labute approximate surface area is 115 Å². The molecule has 0 spiro atoms. The number of anilines is 1. The first-order valence-electron chi connectivity index (χ1n) is 5.79. The second-order valence-electron chi connectivity index (χ2n) is 3.99. The lowest BCUT2D eigenvalue weighted by Crippen LogP contribution is -2.12. The van der Waals surface area contributed by atoms with Crippen molar-refractivity contribution in [3.63, 3.8) is 0 Å². The predicted molar refractivity (Wildman–Crippen MR) is 72.1 cm³/mol. The second kappa shape index (κ2) is 5.85. The lowest BCUT2D eigenvalue weighted by atomic mass is 10.1. The van der Waals surface area contributed by atoms with E-state index in [1.54, 1.807) is 12.1 Å². The SMILES string of the molecule is COc1cc(C#N)ccc1NC(=O)c1ccc(F)cc1. The van der Waals surface area contributed by atoms with Gasteiger partial charge in [-0.05, 0) is 36.4 Å². The molecule has 0 aromatic heterocycles. The number of benzene rings is 2. The van der Waals surface area contributed by atoms with Gasteiger partial charge in [0.2, 0.25) is 0 Å². The van der Waals surface area contributed by atoms with E-state index in [0.29, 0.717) is 22.6 Å². The molecule has 0 aliphatic heterocycles. The molecular formula is C15H11FN2O2. The third-order valence-electron chi connectivity index (χ3n) is 2.69. The fourth-order valence-electron chi connectivity index (χ4n) is 1.66. The zero-order chi connectivity index (χ0) is 14.5. The maximum absolute atomic E-state index is 12.8. The minimum atomic E-state index is -0.405. The largest absolute Gasteiger partial charge is 0.495 e. The first-order valence-corrected chi connectivity index (χ1v) is 5.79. The molecular weight excluding hydrogens is 259 g/mol. The number of hydrogen-bond donors (Lipinski definition) is 1. The average molecular weight is 270 g/mol. The number of nitrogens with one attached hydrogen (secondary N) is 1. The van der Waals surface area contributed by atoms with Crippen LogP contribution in [0.15, 0.2) is 42.5 Å². The van der Waals surface area contributed by atoms with Gasteiger partial charge in [0.15, 0.2) is 0 Å². The van der Waals surface area contributed by atoms with E-state index in [2.05, 4.69) is 5.32 Å². The number of carbonyl (C=O) groups excluding carboxylic acids is 1. The van der Waals surface area contributed by atoms with Gasteiger partial charge in [0.05, 0.1) is 24.4 Å². The molecule has 20 heavy (non-hydrogen) atoms. The zero-order valence-electron chi connectivity index (χ0n) is 10.7. The van der Waals surface area contributed by atoms with Crippen molar-refractivity contribution in [3.8, 4) is 11.8 Å². The molecule has 100 valence electrons. The highest BCUT2D eigenvalue weighted by Gasteiger charge is 2.10. The molecule has 1 N–H and O–H groups in total. The first-order chi connectivity index (χ1) is 9.63. The lowest BCUT2D eigenvalue weighted by molar-refractivity contribution is 0.102. The van der Waals surface area contributed by atoms with Crippen molar-refractivity contribution in [1.29, 1.82) is 5.26 Å². The number of nitriles is 1. The fourth-order valence-corrected chi connectivity index (χ4v) is 1.66. The van der Waals surface area contributed by atoms with Crippen LogP contribution in [0.3, 0.4) is 0 Å². The summed E-state index contributed by atoms with van der Waals surface area (Å²) in [5, 5.41) is 11.5. The van der Waals surface area contributed by atoms with Crippen molar-refractivity contribution in [2.45, 2.75) is 0 Å². The van der Waals surface area contributed by atoms with Crippen molar-refractivity contribution in [3.05, 3.63) is 59.4 Å². The summed E-state index contributed by atoms with van der Waals surface area (Å²) in [7, 11) is 1.45. The van der Waals surface area contributed by atoms with Gasteiger partial charge in [0.1, 0.15) is 11.6 Å². The summed E-state index contributed by atoms with van der Waals surface area (Å²) in [6.45, 7) is 0. The average Bonchev–Trinajstić information content (AvgIpc) is 2.48. The molecule has 2 aromatic carbocycles. The Balaban J connectivity index is 2.23. The van der Waals surface area contributed by atoms with E-state index in [-0.39, 0.29) is 5.91 Å². The highest BCUT2D eigenvalue weighted by atomic mass is 19.1. The predicted octanol–water partition coefficient (Wildman–Crippen LogP) is 2.96. The summed E-state index contributed by atoms with van der Waals surface area (Å²) in [5.74, 6) is -0.398. The van der Waals surface area contributed by atoms with Gasteiger partial charge in [-0.15, -0.1) is 0 Å². The standard InChI is InChI=1S/C15H11FN2O2/c1-20-14-8-10(9-17)2-7-13(14)18-15(19)11-3-5-12(16)6-4-11/h2-8H,1H3,(H,18,19). The number of amides is 1. The zero-order valence-corrected chi connectivity index (χ0v) is 10.7. The van der Waals surface area contributed by atoms with Gasteiger partial charge in [-0.2, -0.15) is 5.26 Å². The van der Waals surface area contributed by atoms with E-state index < -0.39 is 5.82 Å². The Hall–Kier alpha value is -2.87. The van der Waals surface area contributed by atoms with Crippen molar-refractivity contribution >= 4 is 11.6 Å². The molecule has 2 aromatic rings. The van der Waals surface area contributed by atoms with E-state index in [1.165, 1.54) is 37.4 Å². The van der Waals surface area contributed by atoms with Gasteiger partial charge in [-0.25, -0.2) is 4.39 Å². The van der Waals surface area contributed by atoms with Crippen molar-refractivity contribution in [2.75, 3.05) is 12.4 Å². The number of methoxy groups -OCH3 is 1. The molecule has 0 unspecified atom stereocenters. The van der Waals surface area contributed by atoms with E-state index in [0.717, 1.165) is 0 Å². The number of hydrogen-bond acceptors (Lipinski definition) is 3. The molecule has 0 saturated carbocycles. The Kier molecular flexibility index (Phi) is 3.96. The molecule has 0 saturated heterocycles. The monoisotopic (exact) mass is 270 g/mol. The van der Waals surface area contributed by atoms with E-state index in [1.807, 2.05) is 6.07 Å². The second-order valence-corrected chi connectivity index (χ2v) is 3.99. The Bertz CT molecular complexity index is 675. The lowest BCUT2D eigenvalue weighted by Gasteiger charge is -2.10. The normalized spacial score (nSPS) is 9.65. The highest BCUT2D eigenvalue weighted by molar-refractivity contribution is 6.05. The fraction of sp³-hybridized carbons (Fsp3) is 0.0667. The van der Waals surface area contributed by atoms with Crippen LogP contribution < -0.4 is 10.1 Å². The molecule has 1 amide bonds. The molecule has 2 rings (SSSR count). The number of halogens is 1. The highest BCUT2D eigenvalue weighted by Crippen LogP contribution is 2.25. The van der Waals surface area contributed by atoms with Crippen LogP contribution in [-0.2, 0) is 0 Å². The summed E-state index contributed by atoms with van der Waals surface area (Å²) >= 11 is 0. The Morgan fingerprint density at radius 3 is 2.55 bits per heavy atom. The van der Waals surface area contributed by atoms with Gasteiger partial charge < -0.3 is 10.1 Å². The summed E-state index contributed by atoms with van der Waals surface area (Å²) in [4.78, 5) is 12.0. The van der Waals surface area contributed by atoms with Gasteiger partial charge >= 0.3 is 0 Å².